The summed E-state index contributed by atoms with van der Waals surface area (Å²) >= 11 is 12.6. The first kappa shape index (κ1) is 23.3. The molecule has 1 aromatic heterocycles. The number of hydrogen-bond donors (Lipinski definition) is 0. The van der Waals surface area contributed by atoms with Crippen molar-refractivity contribution in [1.82, 2.24) is 0 Å². The van der Waals surface area contributed by atoms with Gasteiger partial charge in [0.1, 0.15) is 0 Å². The van der Waals surface area contributed by atoms with Crippen LogP contribution in [-0.2, 0) is 25.8 Å². The Kier molecular flexibility index (Phi) is 6.06. The van der Waals surface area contributed by atoms with E-state index in [9.17, 15) is 0 Å². The number of fused-ring (bicyclic) bond motifs is 5. The summed E-state index contributed by atoms with van der Waals surface area (Å²) < 4.78 is 25.2. The van der Waals surface area contributed by atoms with Crippen LogP contribution in [0.3, 0.4) is 0 Å². The van der Waals surface area contributed by atoms with Crippen LogP contribution < -0.4 is 23.5 Å². The summed E-state index contributed by atoms with van der Waals surface area (Å²) in [5.41, 5.74) is 6.07. The Hall–Kier alpha value is -3.15. The van der Waals surface area contributed by atoms with E-state index in [1.165, 1.54) is 22.4 Å². The van der Waals surface area contributed by atoms with Crippen molar-refractivity contribution >= 4 is 34.0 Å². The van der Waals surface area contributed by atoms with Crippen LogP contribution >= 0.6 is 23.2 Å². The largest absolute Gasteiger partial charge is 0.493 e. The Morgan fingerprint density at radius 3 is 2.53 bits per heavy atom. The third-order valence-corrected chi connectivity index (χ3v) is 7.72. The summed E-state index contributed by atoms with van der Waals surface area (Å²) in [4.78, 5) is 0. The number of rotatable bonds is 6. The number of aromatic nitrogens is 1. The van der Waals surface area contributed by atoms with Gasteiger partial charge in [-0.25, -0.2) is 0 Å². The highest BCUT2D eigenvalue weighted by Crippen LogP contribution is 2.44. The monoisotopic (exact) mass is 522 g/mol. The van der Waals surface area contributed by atoms with E-state index in [2.05, 4.69) is 29.0 Å². The summed E-state index contributed by atoms with van der Waals surface area (Å²) in [6, 6.07) is 14.1. The number of halogens is 2. The number of aryl methyl sites for hydroxylation is 4. The average molecular weight is 523 g/mol. The van der Waals surface area contributed by atoms with Crippen molar-refractivity contribution in [2.24, 2.45) is 0 Å². The Balaban J connectivity index is 1.49. The van der Waals surface area contributed by atoms with Crippen LogP contribution in [0.15, 0.2) is 48.7 Å². The van der Waals surface area contributed by atoms with Crippen LogP contribution in [-0.4, -0.2) is 21.0 Å². The van der Waals surface area contributed by atoms with Crippen molar-refractivity contribution in [3.63, 3.8) is 0 Å². The molecule has 2 aliphatic heterocycles. The second-order valence-corrected chi connectivity index (χ2v) is 9.96. The fourth-order valence-corrected chi connectivity index (χ4v) is 5.95. The van der Waals surface area contributed by atoms with Crippen LogP contribution in [0.5, 0.6) is 23.0 Å². The van der Waals surface area contributed by atoms with E-state index < -0.39 is 0 Å². The fourth-order valence-electron chi connectivity index (χ4n) is 5.44. The number of hydrogen-bond acceptors (Lipinski definition) is 4. The molecule has 0 N–H and O–H groups in total. The zero-order valence-electron chi connectivity index (χ0n) is 20.2. The van der Waals surface area contributed by atoms with Gasteiger partial charge in [-0.05, 0) is 66.8 Å². The van der Waals surface area contributed by atoms with E-state index in [0.29, 0.717) is 10.0 Å². The molecule has 7 heteroatoms. The Morgan fingerprint density at radius 2 is 1.75 bits per heavy atom. The molecule has 0 spiro atoms. The Bertz CT molecular complexity index is 1500. The predicted octanol–water partition coefficient (Wildman–Crippen LogP) is 6.58. The molecule has 0 unspecified atom stereocenters. The van der Waals surface area contributed by atoms with Crippen LogP contribution in [0.2, 0.25) is 10.0 Å². The number of pyridine rings is 1. The highest BCUT2D eigenvalue weighted by atomic mass is 35.5. The van der Waals surface area contributed by atoms with Gasteiger partial charge in [0, 0.05) is 27.4 Å². The molecule has 0 radical (unpaired) electrons. The van der Waals surface area contributed by atoms with Gasteiger partial charge in [0.05, 0.1) is 25.2 Å². The van der Waals surface area contributed by atoms with Gasteiger partial charge in [-0.3, -0.25) is 0 Å². The molecular formula is C29H26Cl2NO4+. The van der Waals surface area contributed by atoms with Gasteiger partial charge in [-0.15, -0.1) is 0 Å². The van der Waals surface area contributed by atoms with Gasteiger partial charge in [-0.1, -0.05) is 29.3 Å². The molecule has 3 heterocycles. The molecule has 0 aliphatic carbocycles. The summed E-state index contributed by atoms with van der Waals surface area (Å²) in [5.74, 6) is 3.11. The summed E-state index contributed by atoms with van der Waals surface area (Å²) in [7, 11) is 3.37. The van der Waals surface area contributed by atoms with E-state index in [0.717, 1.165) is 71.6 Å². The predicted molar refractivity (Wildman–Crippen MR) is 141 cm³/mol. The molecule has 0 saturated carbocycles. The van der Waals surface area contributed by atoms with Crippen molar-refractivity contribution in [3.8, 4) is 34.3 Å². The second kappa shape index (κ2) is 9.38. The minimum Gasteiger partial charge on any atom is -0.493 e. The highest BCUT2D eigenvalue weighted by Gasteiger charge is 2.32. The van der Waals surface area contributed by atoms with Gasteiger partial charge < -0.3 is 18.9 Å². The molecule has 4 aromatic rings. The van der Waals surface area contributed by atoms with Crippen LogP contribution in [0, 0.1) is 0 Å². The maximum atomic E-state index is 6.47. The average Bonchev–Trinajstić information content (AvgIpc) is 3.34. The van der Waals surface area contributed by atoms with Crippen molar-refractivity contribution in [2.45, 2.75) is 32.2 Å². The molecule has 184 valence electrons. The lowest BCUT2D eigenvalue weighted by Crippen LogP contribution is -2.41. The van der Waals surface area contributed by atoms with Crippen LogP contribution in [0.25, 0.3) is 22.0 Å². The first-order valence-electron chi connectivity index (χ1n) is 12.0. The first-order chi connectivity index (χ1) is 17.6. The number of nitrogens with zero attached hydrogens (tertiary/aromatic N) is 1. The molecule has 2 aliphatic rings. The van der Waals surface area contributed by atoms with E-state index in [1.54, 1.807) is 14.2 Å². The van der Waals surface area contributed by atoms with Crippen molar-refractivity contribution < 1.29 is 23.5 Å². The molecule has 5 nitrogen and oxygen atoms in total. The standard InChI is InChI=1S/C29H26Cl2NO4/c1-33-25-9-8-20-21(5-3-4-17-6-7-19(30)13-24(17)31)28-22-14-27-26(35-16-36-27)12-18(22)10-11-32(28)15-23(20)29(25)34-2/h6-9,12-15H,3-5,10-11,16H2,1-2H3/q+1. The van der Waals surface area contributed by atoms with Gasteiger partial charge in [0.15, 0.2) is 35.7 Å². The second-order valence-electron chi connectivity index (χ2n) is 9.11. The lowest BCUT2D eigenvalue weighted by Gasteiger charge is -2.21. The summed E-state index contributed by atoms with van der Waals surface area (Å²) in [5, 5.41) is 3.57. The first-order valence-corrected chi connectivity index (χ1v) is 12.8. The van der Waals surface area contributed by atoms with Gasteiger partial charge in [-0.2, -0.15) is 4.57 Å². The van der Waals surface area contributed by atoms with E-state index in [-0.39, 0.29) is 6.79 Å². The normalized spacial score (nSPS) is 13.4. The number of benzene rings is 3. The zero-order valence-corrected chi connectivity index (χ0v) is 21.7. The van der Waals surface area contributed by atoms with E-state index in [1.807, 2.05) is 24.3 Å². The molecule has 6 rings (SSSR count). The van der Waals surface area contributed by atoms with Gasteiger partial charge >= 0.3 is 0 Å². The molecule has 0 fully saturated rings. The summed E-state index contributed by atoms with van der Waals surface area (Å²) in [6.07, 6.45) is 5.77. The SMILES string of the molecule is COc1ccc2c(CCCc3ccc(Cl)cc3Cl)c3[n+](cc2c1OC)CCc1cc2c(cc1-3)OCO2. The maximum Gasteiger partial charge on any atom is 0.231 e. The minimum atomic E-state index is 0.266. The lowest BCUT2D eigenvalue weighted by atomic mass is 9.89. The van der Waals surface area contributed by atoms with Crippen molar-refractivity contribution in [3.05, 3.63) is 75.4 Å². The molecule has 0 amide bonds. The van der Waals surface area contributed by atoms with Crippen molar-refractivity contribution in [1.29, 1.82) is 0 Å². The topological polar surface area (TPSA) is 40.8 Å². The van der Waals surface area contributed by atoms with Crippen LogP contribution in [0.4, 0.5) is 0 Å². The molecular weight excluding hydrogens is 497 g/mol. The molecule has 0 saturated heterocycles. The zero-order chi connectivity index (χ0) is 24.8. The minimum absolute atomic E-state index is 0.266. The molecule has 0 bridgehead atoms. The van der Waals surface area contributed by atoms with Gasteiger partial charge in [0.2, 0.25) is 12.5 Å². The lowest BCUT2D eigenvalue weighted by molar-refractivity contribution is -0.686. The van der Waals surface area contributed by atoms with Crippen molar-refractivity contribution in [2.75, 3.05) is 21.0 Å². The third-order valence-electron chi connectivity index (χ3n) is 7.13. The number of methoxy groups -OCH3 is 2. The molecule has 3 aromatic carbocycles. The quantitative estimate of drug-likeness (QED) is 0.268. The highest BCUT2D eigenvalue weighted by molar-refractivity contribution is 6.35. The maximum absolute atomic E-state index is 6.47. The summed E-state index contributed by atoms with van der Waals surface area (Å²) in [6.45, 7) is 1.13. The van der Waals surface area contributed by atoms with E-state index in [4.69, 9.17) is 42.1 Å². The Labute approximate surface area is 220 Å². The fraction of sp³-hybridized carbons (Fsp3) is 0.276. The van der Waals surface area contributed by atoms with Gasteiger partial charge in [0.25, 0.3) is 0 Å². The smallest absolute Gasteiger partial charge is 0.231 e. The molecule has 36 heavy (non-hydrogen) atoms. The third kappa shape index (κ3) is 3.91. The molecule has 0 atom stereocenters. The van der Waals surface area contributed by atoms with Crippen LogP contribution in [0.1, 0.15) is 23.1 Å². The van der Waals surface area contributed by atoms with E-state index >= 15 is 0 Å². The number of ether oxygens (including phenoxy) is 4. The Morgan fingerprint density at radius 1 is 0.917 bits per heavy atom.